The highest BCUT2D eigenvalue weighted by Gasteiger charge is 2.40. The van der Waals surface area contributed by atoms with Gasteiger partial charge in [-0.2, -0.15) is 13.2 Å². The molecule has 3 aromatic rings. The number of carbonyl (C=O) groups is 2. The predicted octanol–water partition coefficient (Wildman–Crippen LogP) is 4.25. The minimum atomic E-state index is -4.55. The van der Waals surface area contributed by atoms with Gasteiger partial charge in [-0.1, -0.05) is 25.1 Å². The van der Waals surface area contributed by atoms with Crippen molar-refractivity contribution in [2.75, 3.05) is 45.8 Å². The molecule has 2 aromatic heterocycles. The van der Waals surface area contributed by atoms with E-state index in [-0.39, 0.29) is 24.1 Å². The van der Waals surface area contributed by atoms with E-state index in [0.717, 1.165) is 30.6 Å². The molecule has 2 saturated heterocycles. The van der Waals surface area contributed by atoms with Crippen LogP contribution in [0.5, 0.6) is 0 Å². The maximum Gasteiger partial charge on any atom is 0.433 e. The lowest BCUT2D eigenvalue weighted by atomic mass is 10.0. The average Bonchev–Trinajstić information content (AvgIpc) is 3.72. The molecule has 0 aliphatic carbocycles. The highest BCUT2D eigenvalue weighted by Crippen LogP contribution is 2.32. The number of fused-ring (bicyclic) bond motifs is 1. The Hall–Kier alpha value is -4.22. The van der Waals surface area contributed by atoms with Crippen LogP contribution in [0, 0.1) is 12.8 Å². The number of urea groups is 1. The molecule has 0 spiro atoms. The Labute approximate surface area is 241 Å². The van der Waals surface area contributed by atoms with Crippen LogP contribution in [0.25, 0.3) is 11.2 Å². The van der Waals surface area contributed by atoms with Gasteiger partial charge in [-0.25, -0.2) is 9.78 Å². The fourth-order valence-corrected chi connectivity index (χ4v) is 6.02. The lowest BCUT2D eigenvalue weighted by molar-refractivity contribution is -0.0571. The van der Waals surface area contributed by atoms with E-state index in [2.05, 4.69) is 21.9 Å². The molecule has 42 heavy (non-hydrogen) atoms. The SMILES string of the molecule is Cc1cc(Cc2nccn3c(C4=CCN=C4C(F)(F)F)cnc23)ccc1C(=O)N1CCN(C(=O)N2CC[C@H](C)C2)CC1. The number of benzene rings is 1. The third-order valence-corrected chi connectivity index (χ3v) is 8.27. The van der Waals surface area contributed by atoms with Crippen LogP contribution in [-0.4, -0.2) is 98.7 Å². The molecule has 3 amide bonds. The number of piperazine rings is 1. The molecule has 0 radical (unpaired) electrons. The maximum absolute atomic E-state index is 13.5. The zero-order valence-corrected chi connectivity index (χ0v) is 23.6. The van der Waals surface area contributed by atoms with Crippen LogP contribution in [0.4, 0.5) is 18.0 Å². The number of imidazole rings is 1. The van der Waals surface area contributed by atoms with Gasteiger partial charge >= 0.3 is 12.2 Å². The minimum absolute atomic E-state index is 0.0155. The number of nitrogens with zero attached hydrogens (tertiary/aromatic N) is 7. The molecule has 12 heteroatoms. The Kier molecular flexibility index (Phi) is 7.24. The number of hydrogen-bond donors (Lipinski definition) is 0. The van der Waals surface area contributed by atoms with Crippen molar-refractivity contribution in [2.24, 2.45) is 10.9 Å². The summed E-state index contributed by atoms with van der Waals surface area (Å²) >= 11 is 0. The molecule has 2 fully saturated rings. The summed E-state index contributed by atoms with van der Waals surface area (Å²) in [6.45, 7) is 7.61. The molecule has 3 aliphatic heterocycles. The number of allylic oxidation sites excluding steroid dienone is 1. The largest absolute Gasteiger partial charge is 0.433 e. The van der Waals surface area contributed by atoms with E-state index in [4.69, 9.17) is 0 Å². The first-order valence-corrected chi connectivity index (χ1v) is 14.2. The number of halogens is 3. The third kappa shape index (κ3) is 5.25. The minimum Gasteiger partial charge on any atom is -0.335 e. The second kappa shape index (κ2) is 10.9. The van der Waals surface area contributed by atoms with Gasteiger partial charge in [-0.05, 0) is 36.5 Å². The third-order valence-electron chi connectivity index (χ3n) is 8.27. The summed E-state index contributed by atoms with van der Waals surface area (Å²) in [6, 6.07) is 5.68. The second-order valence-electron chi connectivity index (χ2n) is 11.2. The Morgan fingerprint density at radius 1 is 1.02 bits per heavy atom. The van der Waals surface area contributed by atoms with Gasteiger partial charge in [0.05, 0.1) is 24.1 Å². The first-order valence-electron chi connectivity index (χ1n) is 14.2. The molecular formula is C30H32F3N7O2. The summed E-state index contributed by atoms with van der Waals surface area (Å²) in [6.07, 6.45) is 2.90. The molecule has 6 rings (SSSR count). The zero-order chi connectivity index (χ0) is 29.6. The van der Waals surface area contributed by atoms with Gasteiger partial charge < -0.3 is 14.7 Å². The van der Waals surface area contributed by atoms with Crippen LogP contribution in [0.3, 0.4) is 0 Å². The monoisotopic (exact) mass is 579 g/mol. The van der Waals surface area contributed by atoms with Gasteiger partial charge in [0.1, 0.15) is 5.71 Å². The van der Waals surface area contributed by atoms with Crippen molar-refractivity contribution in [1.82, 2.24) is 29.1 Å². The highest BCUT2D eigenvalue weighted by molar-refractivity contribution is 6.27. The van der Waals surface area contributed by atoms with E-state index in [1.165, 1.54) is 12.3 Å². The quantitative estimate of drug-likeness (QED) is 0.463. The van der Waals surface area contributed by atoms with Crippen LogP contribution in [0.2, 0.25) is 0 Å². The van der Waals surface area contributed by atoms with Gasteiger partial charge in [0.15, 0.2) is 5.65 Å². The first-order chi connectivity index (χ1) is 20.1. The molecule has 0 bridgehead atoms. The van der Waals surface area contributed by atoms with E-state index >= 15 is 0 Å². The molecule has 0 unspecified atom stereocenters. The van der Waals surface area contributed by atoms with Crippen molar-refractivity contribution in [3.63, 3.8) is 0 Å². The number of carbonyl (C=O) groups excluding carboxylic acids is 2. The molecule has 1 aromatic carbocycles. The van der Waals surface area contributed by atoms with Gasteiger partial charge in [0.2, 0.25) is 0 Å². The highest BCUT2D eigenvalue weighted by atomic mass is 19.4. The van der Waals surface area contributed by atoms with E-state index in [9.17, 15) is 22.8 Å². The van der Waals surface area contributed by atoms with Crippen LogP contribution in [0.15, 0.2) is 47.9 Å². The number of alkyl halides is 3. The van der Waals surface area contributed by atoms with Crippen LogP contribution in [-0.2, 0) is 6.42 Å². The zero-order valence-electron chi connectivity index (χ0n) is 23.6. The van der Waals surface area contributed by atoms with E-state index in [1.54, 1.807) is 21.7 Å². The van der Waals surface area contributed by atoms with Gasteiger partial charge in [0.25, 0.3) is 5.91 Å². The smallest absolute Gasteiger partial charge is 0.335 e. The van der Waals surface area contributed by atoms with E-state index in [1.807, 2.05) is 34.9 Å². The number of amides is 3. The van der Waals surface area contributed by atoms with E-state index < -0.39 is 11.9 Å². The number of aryl methyl sites for hydroxylation is 1. The average molecular weight is 580 g/mol. The topological polar surface area (TPSA) is 86.4 Å². The molecular weight excluding hydrogens is 547 g/mol. The number of likely N-dealkylation sites (tertiary alicyclic amines) is 1. The molecule has 0 saturated carbocycles. The van der Waals surface area contributed by atoms with Crippen LogP contribution >= 0.6 is 0 Å². The summed E-state index contributed by atoms with van der Waals surface area (Å²) in [5.74, 6) is 0.464. The second-order valence-corrected chi connectivity index (χ2v) is 11.2. The lowest BCUT2D eigenvalue weighted by Gasteiger charge is -2.37. The lowest BCUT2D eigenvalue weighted by Crippen LogP contribution is -2.53. The van der Waals surface area contributed by atoms with Crippen molar-refractivity contribution in [2.45, 2.75) is 32.9 Å². The van der Waals surface area contributed by atoms with Crippen molar-refractivity contribution < 1.29 is 22.8 Å². The Balaban J connectivity index is 1.13. The summed E-state index contributed by atoms with van der Waals surface area (Å²) in [7, 11) is 0. The van der Waals surface area contributed by atoms with Crippen LogP contribution < -0.4 is 0 Å². The number of rotatable bonds is 4. The molecule has 3 aliphatic rings. The summed E-state index contributed by atoms with van der Waals surface area (Å²) in [4.78, 5) is 44.2. The van der Waals surface area contributed by atoms with Crippen LogP contribution in [0.1, 0.15) is 46.2 Å². The summed E-state index contributed by atoms with van der Waals surface area (Å²) in [5.41, 5.74) is 2.84. The van der Waals surface area contributed by atoms with Gasteiger partial charge in [-0.3, -0.25) is 19.2 Å². The van der Waals surface area contributed by atoms with Gasteiger partial charge in [0, 0.05) is 69.2 Å². The van der Waals surface area contributed by atoms with Gasteiger partial charge in [-0.15, -0.1) is 0 Å². The molecule has 9 nitrogen and oxygen atoms in total. The van der Waals surface area contributed by atoms with Crippen molar-refractivity contribution in [1.29, 1.82) is 0 Å². The fourth-order valence-electron chi connectivity index (χ4n) is 6.02. The maximum atomic E-state index is 13.5. The Morgan fingerprint density at radius 2 is 1.79 bits per heavy atom. The Bertz CT molecular complexity index is 1600. The summed E-state index contributed by atoms with van der Waals surface area (Å²) in [5, 5.41) is 0. The standard InChI is InChI=1S/C30H32F3N7O2/c1-19-6-9-39(18-19)29(42)38-13-11-37(12-14-38)28(41)22-4-3-21(15-20(22)2)16-24-27-36-17-25(40(27)10-8-34-24)23-5-7-35-26(23)30(31,32)33/h3-5,8,10,15,17,19H,6-7,9,11-14,16,18H2,1-2H3/t19-/m0/s1. The van der Waals surface area contributed by atoms with Crippen molar-refractivity contribution >= 4 is 28.9 Å². The fraction of sp³-hybridized carbons (Fsp3) is 0.433. The van der Waals surface area contributed by atoms with E-state index in [0.29, 0.717) is 61.1 Å². The number of aliphatic imine (C=N–C) groups is 1. The first kappa shape index (κ1) is 27.9. The molecule has 220 valence electrons. The molecule has 1 atom stereocenters. The Morgan fingerprint density at radius 3 is 2.48 bits per heavy atom. The molecule has 5 heterocycles. The number of hydrogen-bond acceptors (Lipinski definition) is 5. The van der Waals surface area contributed by atoms with Crippen molar-refractivity contribution in [3.05, 3.63) is 70.9 Å². The predicted molar refractivity (Wildman–Crippen MR) is 152 cm³/mol. The number of aromatic nitrogens is 3. The summed E-state index contributed by atoms with van der Waals surface area (Å²) < 4.78 is 42.0. The molecule has 0 N–H and O–H groups in total. The normalized spacial score (nSPS) is 19.5. The van der Waals surface area contributed by atoms with Crippen molar-refractivity contribution in [3.8, 4) is 0 Å².